The summed E-state index contributed by atoms with van der Waals surface area (Å²) in [5, 5.41) is 5.69. The van der Waals surface area contributed by atoms with Gasteiger partial charge in [-0.05, 0) is 54.1 Å². The van der Waals surface area contributed by atoms with Crippen LogP contribution in [0.5, 0.6) is 0 Å². The Kier molecular flexibility index (Phi) is 8.62. The fourth-order valence-electron chi connectivity index (χ4n) is 5.19. The first-order chi connectivity index (χ1) is 19.8. The molecule has 1 N–H and O–H groups in total. The number of hydrogen-bond donors (Lipinski definition) is 1. The van der Waals surface area contributed by atoms with Crippen molar-refractivity contribution in [1.29, 1.82) is 0 Å². The molecular formula is C33H31Cl2N3O3. The summed E-state index contributed by atoms with van der Waals surface area (Å²) in [6.45, 7) is 3.77. The Bertz CT molecular complexity index is 1600. The van der Waals surface area contributed by atoms with E-state index in [9.17, 15) is 14.4 Å². The predicted molar refractivity (Wildman–Crippen MR) is 164 cm³/mol. The maximum atomic E-state index is 14.3. The van der Waals surface area contributed by atoms with Gasteiger partial charge < -0.3 is 10.2 Å². The first kappa shape index (κ1) is 28.7. The van der Waals surface area contributed by atoms with Crippen LogP contribution in [0.15, 0.2) is 84.9 Å². The van der Waals surface area contributed by atoms with Gasteiger partial charge in [0.15, 0.2) is 0 Å². The highest BCUT2D eigenvalue weighted by molar-refractivity contribution is 6.35. The molecule has 5 rings (SSSR count). The zero-order chi connectivity index (χ0) is 29.1. The van der Waals surface area contributed by atoms with Crippen molar-refractivity contribution in [3.8, 4) is 0 Å². The Morgan fingerprint density at radius 3 is 2.39 bits per heavy atom. The molecule has 2 unspecified atom stereocenters. The Labute approximate surface area is 249 Å². The topological polar surface area (TPSA) is 69.7 Å². The van der Waals surface area contributed by atoms with Crippen LogP contribution in [0.4, 0.5) is 5.69 Å². The van der Waals surface area contributed by atoms with Crippen molar-refractivity contribution in [3.63, 3.8) is 0 Å². The van der Waals surface area contributed by atoms with Gasteiger partial charge in [0.2, 0.25) is 11.8 Å². The number of anilines is 1. The van der Waals surface area contributed by atoms with E-state index in [0.29, 0.717) is 33.3 Å². The number of carbonyl (C=O) groups is 3. The Morgan fingerprint density at radius 2 is 1.68 bits per heavy atom. The molecule has 6 nitrogen and oxygen atoms in total. The normalized spacial score (nSPS) is 13.8. The highest BCUT2D eigenvalue weighted by Crippen LogP contribution is 2.37. The van der Waals surface area contributed by atoms with Gasteiger partial charge in [-0.15, -0.1) is 0 Å². The van der Waals surface area contributed by atoms with E-state index in [1.807, 2.05) is 74.5 Å². The lowest BCUT2D eigenvalue weighted by molar-refractivity contribution is -0.140. The van der Waals surface area contributed by atoms with Crippen LogP contribution >= 0.6 is 23.2 Å². The van der Waals surface area contributed by atoms with E-state index in [2.05, 4.69) is 5.32 Å². The van der Waals surface area contributed by atoms with E-state index >= 15 is 0 Å². The van der Waals surface area contributed by atoms with Gasteiger partial charge in [-0.25, -0.2) is 0 Å². The van der Waals surface area contributed by atoms with Crippen molar-refractivity contribution in [3.05, 3.63) is 112 Å². The number of rotatable bonds is 10. The van der Waals surface area contributed by atoms with E-state index in [1.54, 1.807) is 24.3 Å². The van der Waals surface area contributed by atoms with Crippen molar-refractivity contribution in [1.82, 2.24) is 10.2 Å². The molecule has 0 saturated carbocycles. The maximum absolute atomic E-state index is 14.3. The molecule has 1 aliphatic rings. The third-order valence-electron chi connectivity index (χ3n) is 7.57. The number of hydrogen-bond acceptors (Lipinski definition) is 3. The van der Waals surface area contributed by atoms with E-state index in [0.717, 1.165) is 22.8 Å². The van der Waals surface area contributed by atoms with Gasteiger partial charge in [0.25, 0.3) is 5.91 Å². The molecule has 1 heterocycles. The van der Waals surface area contributed by atoms with Crippen LogP contribution in [0.2, 0.25) is 10.0 Å². The summed E-state index contributed by atoms with van der Waals surface area (Å²) in [7, 11) is 0. The lowest BCUT2D eigenvalue weighted by atomic mass is 10.0. The van der Waals surface area contributed by atoms with Crippen molar-refractivity contribution >= 4 is 57.4 Å². The van der Waals surface area contributed by atoms with Gasteiger partial charge >= 0.3 is 0 Å². The first-order valence-electron chi connectivity index (χ1n) is 13.7. The molecule has 0 aromatic heterocycles. The predicted octanol–water partition coefficient (Wildman–Crippen LogP) is 6.66. The zero-order valence-electron chi connectivity index (χ0n) is 22.9. The molecule has 4 aromatic carbocycles. The summed E-state index contributed by atoms with van der Waals surface area (Å²) < 4.78 is 0. The zero-order valence-corrected chi connectivity index (χ0v) is 24.5. The molecule has 41 heavy (non-hydrogen) atoms. The molecular weight excluding hydrogens is 557 g/mol. The molecule has 2 atom stereocenters. The number of carbonyl (C=O) groups excluding carboxylic acids is 3. The summed E-state index contributed by atoms with van der Waals surface area (Å²) in [6, 6.07) is 25.0. The number of amides is 3. The fourth-order valence-corrected chi connectivity index (χ4v) is 5.66. The molecule has 3 amide bonds. The lowest BCUT2D eigenvalue weighted by Crippen LogP contribution is -2.54. The number of nitrogens with zero attached hydrogens (tertiary/aromatic N) is 2. The smallest absolute Gasteiger partial charge is 0.259 e. The molecule has 0 radical (unpaired) electrons. The Morgan fingerprint density at radius 1 is 0.951 bits per heavy atom. The average Bonchev–Trinajstić information content (AvgIpc) is 3.24. The van der Waals surface area contributed by atoms with Crippen molar-refractivity contribution in [2.45, 2.75) is 45.3 Å². The summed E-state index contributed by atoms with van der Waals surface area (Å²) in [5.74, 6) is -0.868. The third-order valence-corrected chi connectivity index (χ3v) is 8.16. The molecule has 8 heteroatoms. The number of halogens is 2. The third kappa shape index (κ3) is 6.09. The van der Waals surface area contributed by atoms with Gasteiger partial charge in [0, 0.05) is 40.0 Å². The molecule has 210 valence electrons. The Hall–Kier alpha value is -3.87. The molecule has 0 fully saturated rings. The number of nitrogens with one attached hydrogen (secondary N) is 1. The number of benzene rings is 4. The minimum absolute atomic E-state index is 0.0689. The van der Waals surface area contributed by atoms with Gasteiger partial charge in [-0.3, -0.25) is 19.3 Å². The van der Waals surface area contributed by atoms with Gasteiger partial charge in [-0.1, -0.05) is 90.8 Å². The quantitative estimate of drug-likeness (QED) is 0.225. The minimum atomic E-state index is -0.846. The molecule has 0 bridgehead atoms. The van der Waals surface area contributed by atoms with Gasteiger partial charge in [-0.2, -0.15) is 0 Å². The molecule has 0 aliphatic carbocycles. The lowest BCUT2D eigenvalue weighted by Gasteiger charge is -2.33. The van der Waals surface area contributed by atoms with Crippen molar-refractivity contribution in [2.75, 3.05) is 11.4 Å². The van der Waals surface area contributed by atoms with Crippen LogP contribution in [0.25, 0.3) is 10.8 Å². The van der Waals surface area contributed by atoms with E-state index in [-0.39, 0.29) is 36.9 Å². The van der Waals surface area contributed by atoms with Gasteiger partial charge in [0.1, 0.15) is 12.6 Å². The molecule has 0 saturated heterocycles. The van der Waals surface area contributed by atoms with Crippen LogP contribution in [-0.2, 0) is 22.6 Å². The van der Waals surface area contributed by atoms with Crippen LogP contribution < -0.4 is 10.2 Å². The minimum Gasteiger partial charge on any atom is -0.352 e. The fraction of sp³-hybridized carbons (Fsp3) is 0.242. The maximum Gasteiger partial charge on any atom is 0.259 e. The summed E-state index contributed by atoms with van der Waals surface area (Å²) in [5.41, 5.74) is 2.81. The second kappa shape index (κ2) is 12.3. The van der Waals surface area contributed by atoms with Crippen LogP contribution in [0.3, 0.4) is 0 Å². The van der Waals surface area contributed by atoms with E-state index < -0.39 is 6.04 Å². The summed E-state index contributed by atoms with van der Waals surface area (Å²) in [6.07, 6.45) is 1.04. The van der Waals surface area contributed by atoms with Crippen LogP contribution in [0.1, 0.15) is 41.8 Å². The van der Waals surface area contributed by atoms with Crippen LogP contribution in [0, 0.1) is 0 Å². The molecule has 1 aliphatic heterocycles. The highest BCUT2D eigenvalue weighted by Gasteiger charge is 2.36. The van der Waals surface area contributed by atoms with Gasteiger partial charge in [0.05, 0.1) is 5.69 Å². The Balaban J connectivity index is 1.53. The second-order valence-electron chi connectivity index (χ2n) is 10.4. The van der Waals surface area contributed by atoms with E-state index in [4.69, 9.17) is 23.2 Å². The first-order valence-corrected chi connectivity index (χ1v) is 14.4. The van der Waals surface area contributed by atoms with Crippen LogP contribution in [-0.4, -0.2) is 41.2 Å². The van der Waals surface area contributed by atoms with Crippen molar-refractivity contribution in [2.24, 2.45) is 0 Å². The van der Waals surface area contributed by atoms with Crippen molar-refractivity contribution < 1.29 is 14.4 Å². The SMILES string of the molecule is CCC(C)NC(=O)C(Cc1ccccc1)N(Cc1ccc(Cl)cc1Cl)C(=O)CN1C(=O)c2cccc3cccc1c23. The molecule has 0 spiro atoms. The monoisotopic (exact) mass is 587 g/mol. The highest BCUT2D eigenvalue weighted by atomic mass is 35.5. The average molecular weight is 589 g/mol. The largest absolute Gasteiger partial charge is 0.352 e. The summed E-state index contributed by atoms with van der Waals surface area (Å²) in [4.78, 5) is 44.6. The molecule has 4 aromatic rings. The summed E-state index contributed by atoms with van der Waals surface area (Å²) >= 11 is 12.7. The van der Waals surface area contributed by atoms with E-state index in [1.165, 1.54) is 9.80 Å². The standard InChI is InChI=1S/C33H31Cl2N3O3/c1-3-21(2)36-32(40)29(17-22-9-5-4-6-10-22)37(19-24-15-16-25(34)18-27(24)35)30(39)20-38-28-14-8-12-23-11-7-13-26(31(23)28)33(38)41/h4-16,18,21,29H,3,17,19-20H2,1-2H3,(H,36,40). The second-order valence-corrected chi connectivity index (χ2v) is 11.2.